The molecule has 0 aliphatic heterocycles. The van der Waals surface area contributed by atoms with E-state index in [1.54, 1.807) is 0 Å². The van der Waals surface area contributed by atoms with Crippen LogP contribution in [0.5, 0.6) is 0 Å². The number of carbonyl (C=O) groups excluding carboxylic acids is 3. The van der Waals surface area contributed by atoms with Crippen LogP contribution >= 0.6 is 0 Å². The van der Waals surface area contributed by atoms with E-state index >= 15 is 0 Å². The molecular formula is C12H18O4. The quantitative estimate of drug-likeness (QED) is 0.538. The number of carbonyl (C=O) groups is 3. The van der Waals surface area contributed by atoms with E-state index in [2.05, 4.69) is 0 Å². The molecule has 4 heteroatoms. The number of methoxy groups -OCH3 is 1. The van der Waals surface area contributed by atoms with Crippen molar-refractivity contribution in [1.82, 2.24) is 0 Å². The minimum Gasteiger partial charge on any atom is -0.468 e. The van der Waals surface area contributed by atoms with Crippen LogP contribution in [0.15, 0.2) is 0 Å². The maximum absolute atomic E-state index is 12.0. The van der Waals surface area contributed by atoms with Crippen LogP contribution in [-0.2, 0) is 19.1 Å². The van der Waals surface area contributed by atoms with Gasteiger partial charge in [-0.3, -0.25) is 9.59 Å². The predicted octanol–water partition coefficient (Wildman–Crippen LogP) is 1.51. The van der Waals surface area contributed by atoms with Crippen molar-refractivity contribution in [3.05, 3.63) is 0 Å². The Hall–Kier alpha value is -1.19. The van der Waals surface area contributed by atoms with E-state index in [9.17, 15) is 14.4 Å². The Kier molecular flexibility index (Phi) is 3.83. The van der Waals surface area contributed by atoms with Gasteiger partial charge in [-0.15, -0.1) is 0 Å². The maximum Gasteiger partial charge on any atom is 0.319 e. The average molecular weight is 226 g/mol. The van der Waals surface area contributed by atoms with Gasteiger partial charge in [0.05, 0.1) is 7.11 Å². The van der Waals surface area contributed by atoms with Crippen molar-refractivity contribution >= 4 is 17.5 Å². The number of hydrogen-bond donors (Lipinski definition) is 0. The Bertz CT molecular complexity index is 321. The number of ether oxygens (including phenoxy) is 1. The summed E-state index contributed by atoms with van der Waals surface area (Å²) in [6.07, 6.45) is 1.75. The molecule has 0 saturated heterocycles. The smallest absolute Gasteiger partial charge is 0.319 e. The van der Waals surface area contributed by atoms with Gasteiger partial charge in [-0.25, -0.2) is 0 Å². The zero-order valence-electron chi connectivity index (χ0n) is 10.0. The third-order valence-electron chi connectivity index (χ3n) is 3.40. The van der Waals surface area contributed by atoms with Crippen molar-refractivity contribution in [2.75, 3.05) is 7.11 Å². The Morgan fingerprint density at radius 3 is 2.50 bits per heavy atom. The summed E-state index contributed by atoms with van der Waals surface area (Å²) in [5.41, 5.74) is -1.06. The SMILES string of the molecule is COC(=O)C1(CCC(C)=O)CCC(C)C1=O. The molecule has 0 amide bonds. The third-order valence-corrected chi connectivity index (χ3v) is 3.40. The second-order valence-electron chi connectivity index (χ2n) is 4.58. The molecule has 16 heavy (non-hydrogen) atoms. The molecule has 0 bridgehead atoms. The molecule has 1 aliphatic rings. The zero-order chi connectivity index (χ0) is 12.3. The van der Waals surface area contributed by atoms with Crippen molar-refractivity contribution in [3.63, 3.8) is 0 Å². The van der Waals surface area contributed by atoms with Crippen LogP contribution in [0.4, 0.5) is 0 Å². The van der Waals surface area contributed by atoms with Crippen molar-refractivity contribution in [2.24, 2.45) is 11.3 Å². The summed E-state index contributed by atoms with van der Waals surface area (Å²) in [6.45, 7) is 3.29. The molecule has 90 valence electrons. The zero-order valence-corrected chi connectivity index (χ0v) is 10.0. The van der Waals surface area contributed by atoms with Crippen molar-refractivity contribution in [1.29, 1.82) is 0 Å². The second-order valence-corrected chi connectivity index (χ2v) is 4.58. The lowest BCUT2D eigenvalue weighted by molar-refractivity contribution is -0.157. The van der Waals surface area contributed by atoms with Crippen LogP contribution in [0.1, 0.15) is 39.5 Å². The van der Waals surface area contributed by atoms with Gasteiger partial charge in [0.1, 0.15) is 11.2 Å². The Balaban J connectivity index is 2.90. The normalized spacial score (nSPS) is 29.2. The molecule has 1 rings (SSSR count). The first-order valence-corrected chi connectivity index (χ1v) is 5.56. The fraction of sp³-hybridized carbons (Fsp3) is 0.750. The van der Waals surface area contributed by atoms with E-state index in [1.807, 2.05) is 6.92 Å². The topological polar surface area (TPSA) is 60.4 Å². The summed E-state index contributed by atoms with van der Waals surface area (Å²) in [5.74, 6) is -0.662. The first-order valence-electron chi connectivity index (χ1n) is 5.56. The average Bonchev–Trinajstić information content (AvgIpc) is 2.54. The Labute approximate surface area is 95.3 Å². The Morgan fingerprint density at radius 2 is 2.12 bits per heavy atom. The van der Waals surface area contributed by atoms with Gasteiger partial charge in [-0.2, -0.15) is 0 Å². The van der Waals surface area contributed by atoms with Crippen LogP contribution in [0.2, 0.25) is 0 Å². The molecule has 0 spiro atoms. The van der Waals surface area contributed by atoms with Crippen molar-refractivity contribution in [3.8, 4) is 0 Å². The lowest BCUT2D eigenvalue weighted by Gasteiger charge is -2.24. The molecular weight excluding hydrogens is 208 g/mol. The summed E-state index contributed by atoms with van der Waals surface area (Å²) in [4.78, 5) is 34.8. The van der Waals surface area contributed by atoms with E-state index in [-0.39, 0.29) is 30.3 Å². The molecule has 2 unspecified atom stereocenters. The van der Waals surface area contributed by atoms with Gasteiger partial charge in [0.15, 0.2) is 5.78 Å². The van der Waals surface area contributed by atoms with Crippen molar-refractivity contribution in [2.45, 2.75) is 39.5 Å². The lowest BCUT2D eigenvalue weighted by Crippen LogP contribution is -2.38. The highest BCUT2D eigenvalue weighted by Gasteiger charge is 2.52. The van der Waals surface area contributed by atoms with Crippen LogP contribution < -0.4 is 0 Å². The minimum absolute atomic E-state index is 0.00405. The summed E-state index contributed by atoms with van der Waals surface area (Å²) >= 11 is 0. The third kappa shape index (κ3) is 2.15. The van der Waals surface area contributed by atoms with Gasteiger partial charge in [-0.1, -0.05) is 6.92 Å². The van der Waals surface area contributed by atoms with Crippen LogP contribution in [-0.4, -0.2) is 24.6 Å². The molecule has 2 atom stereocenters. The van der Waals surface area contributed by atoms with Gasteiger partial charge in [0.2, 0.25) is 0 Å². The van der Waals surface area contributed by atoms with Crippen LogP contribution in [0.25, 0.3) is 0 Å². The highest BCUT2D eigenvalue weighted by Crippen LogP contribution is 2.42. The van der Waals surface area contributed by atoms with Gasteiger partial charge < -0.3 is 9.53 Å². The number of ketones is 2. The summed E-state index contributed by atoms with van der Waals surface area (Å²) in [7, 11) is 1.29. The fourth-order valence-corrected chi connectivity index (χ4v) is 2.33. The predicted molar refractivity (Wildman–Crippen MR) is 57.8 cm³/mol. The largest absolute Gasteiger partial charge is 0.468 e. The molecule has 1 aliphatic carbocycles. The highest BCUT2D eigenvalue weighted by molar-refractivity contribution is 6.06. The summed E-state index contributed by atoms with van der Waals surface area (Å²) in [6, 6.07) is 0. The number of esters is 1. The maximum atomic E-state index is 12.0. The molecule has 0 aromatic rings. The van der Waals surface area contributed by atoms with Crippen molar-refractivity contribution < 1.29 is 19.1 Å². The molecule has 0 heterocycles. The van der Waals surface area contributed by atoms with Gasteiger partial charge in [0, 0.05) is 12.3 Å². The molecule has 0 aromatic heterocycles. The number of hydrogen-bond acceptors (Lipinski definition) is 4. The number of rotatable bonds is 4. The van der Waals surface area contributed by atoms with Gasteiger partial charge >= 0.3 is 5.97 Å². The molecule has 0 radical (unpaired) electrons. The second kappa shape index (κ2) is 4.76. The van der Waals surface area contributed by atoms with E-state index in [4.69, 9.17) is 4.74 Å². The summed E-state index contributed by atoms with van der Waals surface area (Å²) in [5, 5.41) is 0. The van der Waals surface area contributed by atoms with E-state index in [1.165, 1.54) is 14.0 Å². The van der Waals surface area contributed by atoms with Crippen LogP contribution in [0.3, 0.4) is 0 Å². The first-order chi connectivity index (χ1) is 7.44. The van der Waals surface area contributed by atoms with Gasteiger partial charge in [0.25, 0.3) is 0 Å². The van der Waals surface area contributed by atoms with Gasteiger partial charge in [-0.05, 0) is 26.2 Å². The van der Waals surface area contributed by atoms with E-state index in [0.29, 0.717) is 12.8 Å². The molecule has 0 aromatic carbocycles. The Morgan fingerprint density at radius 1 is 1.50 bits per heavy atom. The number of Topliss-reactive ketones (excluding diaryl/α,β-unsaturated/α-hetero) is 2. The molecule has 1 fully saturated rings. The monoisotopic (exact) mass is 226 g/mol. The first kappa shape index (κ1) is 12.9. The standard InChI is InChI=1S/C12H18O4/c1-8-4-6-12(10(8)14,11(15)16-3)7-5-9(2)13/h8H,4-7H2,1-3H3. The van der Waals surface area contributed by atoms with Crippen LogP contribution in [0, 0.1) is 11.3 Å². The summed E-state index contributed by atoms with van der Waals surface area (Å²) < 4.78 is 4.72. The lowest BCUT2D eigenvalue weighted by atomic mass is 9.79. The molecule has 4 nitrogen and oxygen atoms in total. The van der Waals surface area contributed by atoms with E-state index in [0.717, 1.165) is 0 Å². The van der Waals surface area contributed by atoms with E-state index < -0.39 is 11.4 Å². The fourth-order valence-electron chi connectivity index (χ4n) is 2.33. The molecule has 0 N–H and O–H groups in total. The molecule has 1 saturated carbocycles. The minimum atomic E-state index is -1.06. The highest BCUT2D eigenvalue weighted by atomic mass is 16.5.